The van der Waals surface area contributed by atoms with E-state index in [4.69, 9.17) is 0 Å². The van der Waals surface area contributed by atoms with E-state index >= 15 is 0 Å². The lowest BCUT2D eigenvalue weighted by molar-refractivity contribution is 0.102. The molecule has 0 saturated heterocycles. The Labute approximate surface area is 122 Å². The van der Waals surface area contributed by atoms with Crippen molar-refractivity contribution in [3.05, 3.63) is 59.8 Å². The molecule has 0 saturated carbocycles. The molecule has 2 heterocycles. The summed E-state index contributed by atoms with van der Waals surface area (Å²) < 4.78 is 0. The minimum atomic E-state index is -0.0849. The highest BCUT2D eigenvalue weighted by Gasteiger charge is 2.14. The Morgan fingerprint density at radius 2 is 2.05 bits per heavy atom. The van der Waals surface area contributed by atoms with Crippen LogP contribution in [0.1, 0.15) is 15.9 Å². The number of para-hydroxylation sites is 1. The molecule has 0 spiro atoms. The number of carbonyl (C=O) groups is 1. The Bertz CT molecular complexity index is 835. The summed E-state index contributed by atoms with van der Waals surface area (Å²) >= 11 is 0. The number of amides is 1. The maximum absolute atomic E-state index is 12.4. The molecule has 4 rings (SSSR count). The second-order valence-electron chi connectivity index (χ2n) is 5.25. The number of rotatable bonds is 2. The van der Waals surface area contributed by atoms with Crippen molar-refractivity contribution in [2.45, 2.75) is 6.42 Å². The minimum Gasteiger partial charge on any atom is -0.384 e. The molecule has 0 atom stereocenters. The van der Waals surface area contributed by atoms with Gasteiger partial charge < -0.3 is 15.6 Å². The van der Waals surface area contributed by atoms with E-state index in [-0.39, 0.29) is 5.91 Å². The summed E-state index contributed by atoms with van der Waals surface area (Å²) in [5.41, 5.74) is 4.91. The standard InChI is InChI=1S/C17H15N3O/c21-17(14-10-19-16-4-2-1-3-13(14)16)20-12-5-6-15-11(9-12)7-8-18-15/h1-6,9-10,18-19H,7-8H2,(H,20,21). The lowest BCUT2D eigenvalue weighted by Crippen LogP contribution is -2.11. The third-order valence-electron chi connectivity index (χ3n) is 3.91. The van der Waals surface area contributed by atoms with Crippen molar-refractivity contribution in [3.63, 3.8) is 0 Å². The van der Waals surface area contributed by atoms with Crippen LogP contribution < -0.4 is 10.6 Å². The quantitative estimate of drug-likeness (QED) is 0.672. The number of hydrogen-bond donors (Lipinski definition) is 3. The molecule has 3 aromatic rings. The average molecular weight is 277 g/mol. The fraction of sp³-hybridized carbons (Fsp3) is 0.118. The normalized spacial score (nSPS) is 13.0. The summed E-state index contributed by atoms with van der Waals surface area (Å²) in [5, 5.41) is 7.24. The molecule has 1 aromatic heterocycles. The van der Waals surface area contributed by atoms with E-state index in [9.17, 15) is 4.79 Å². The summed E-state index contributed by atoms with van der Waals surface area (Å²) in [5.74, 6) is -0.0849. The van der Waals surface area contributed by atoms with E-state index in [1.54, 1.807) is 6.20 Å². The highest BCUT2D eigenvalue weighted by molar-refractivity contribution is 6.12. The van der Waals surface area contributed by atoms with Gasteiger partial charge in [-0.05, 0) is 36.2 Å². The SMILES string of the molecule is O=C(Nc1ccc2c(c1)CCN2)c1c[nH]c2ccccc12. The number of aromatic amines is 1. The van der Waals surface area contributed by atoms with Gasteiger partial charge in [0.25, 0.3) is 5.91 Å². The Morgan fingerprint density at radius 1 is 1.14 bits per heavy atom. The van der Waals surface area contributed by atoms with Crippen molar-refractivity contribution in [2.24, 2.45) is 0 Å². The third-order valence-corrected chi connectivity index (χ3v) is 3.91. The van der Waals surface area contributed by atoms with E-state index in [2.05, 4.69) is 15.6 Å². The van der Waals surface area contributed by atoms with Crippen LogP contribution in [0.4, 0.5) is 11.4 Å². The second kappa shape index (κ2) is 4.66. The monoisotopic (exact) mass is 277 g/mol. The van der Waals surface area contributed by atoms with E-state index in [0.29, 0.717) is 5.56 Å². The Morgan fingerprint density at radius 3 is 3.00 bits per heavy atom. The number of hydrogen-bond acceptors (Lipinski definition) is 2. The molecule has 0 radical (unpaired) electrons. The summed E-state index contributed by atoms with van der Waals surface area (Å²) in [6, 6.07) is 13.8. The predicted octanol–water partition coefficient (Wildman–Crippen LogP) is 3.39. The van der Waals surface area contributed by atoms with Gasteiger partial charge in [0, 0.05) is 35.0 Å². The molecule has 1 aliphatic rings. The molecule has 0 fully saturated rings. The first-order valence-electron chi connectivity index (χ1n) is 7.05. The van der Waals surface area contributed by atoms with Crippen LogP contribution in [0.25, 0.3) is 10.9 Å². The van der Waals surface area contributed by atoms with Crippen LogP contribution in [-0.4, -0.2) is 17.4 Å². The molecular formula is C17H15N3O. The van der Waals surface area contributed by atoms with E-state index < -0.39 is 0 Å². The van der Waals surface area contributed by atoms with Crippen LogP contribution >= 0.6 is 0 Å². The Hall–Kier alpha value is -2.75. The maximum atomic E-state index is 12.4. The molecule has 104 valence electrons. The van der Waals surface area contributed by atoms with Crippen molar-refractivity contribution < 1.29 is 4.79 Å². The number of benzene rings is 2. The van der Waals surface area contributed by atoms with E-state index in [1.807, 2.05) is 42.5 Å². The number of fused-ring (bicyclic) bond motifs is 2. The molecule has 3 N–H and O–H groups in total. The van der Waals surface area contributed by atoms with Crippen molar-refractivity contribution in [1.29, 1.82) is 0 Å². The third kappa shape index (κ3) is 2.05. The molecule has 0 aliphatic carbocycles. The van der Waals surface area contributed by atoms with Crippen LogP contribution in [0.3, 0.4) is 0 Å². The van der Waals surface area contributed by atoms with Crippen molar-refractivity contribution in [3.8, 4) is 0 Å². The highest BCUT2D eigenvalue weighted by atomic mass is 16.1. The van der Waals surface area contributed by atoms with Gasteiger partial charge in [-0.15, -0.1) is 0 Å². The number of carbonyl (C=O) groups excluding carboxylic acids is 1. The van der Waals surface area contributed by atoms with Gasteiger partial charge in [0.2, 0.25) is 0 Å². The van der Waals surface area contributed by atoms with Crippen LogP contribution in [-0.2, 0) is 6.42 Å². The molecule has 2 aromatic carbocycles. The first kappa shape index (κ1) is 12.0. The van der Waals surface area contributed by atoms with Gasteiger partial charge in [-0.3, -0.25) is 4.79 Å². The Balaban J connectivity index is 1.63. The van der Waals surface area contributed by atoms with Gasteiger partial charge in [0.15, 0.2) is 0 Å². The number of H-pyrrole nitrogens is 1. The highest BCUT2D eigenvalue weighted by Crippen LogP contribution is 2.26. The lowest BCUT2D eigenvalue weighted by Gasteiger charge is -2.07. The lowest BCUT2D eigenvalue weighted by atomic mass is 10.1. The molecule has 0 bridgehead atoms. The number of anilines is 2. The molecule has 21 heavy (non-hydrogen) atoms. The zero-order valence-electron chi connectivity index (χ0n) is 11.4. The van der Waals surface area contributed by atoms with Gasteiger partial charge in [0.1, 0.15) is 0 Å². The number of aromatic nitrogens is 1. The Kier molecular flexibility index (Phi) is 2.67. The zero-order valence-corrected chi connectivity index (χ0v) is 11.4. The van der Waals surface area contributed by atoms with Gasteiger partial charge in [-0.1, -0.05) is 18.2 Å². The predicted molar refractivity (Wildman–Crippen MR) is 84.9 cm³/mol. The fourth-order valence-corrected chi connectivity index (χ4v) is 2.84. The summed E-state index contributed by atoms with van der Waals surface area (Å²) in [6.45, 7) is 0.967. The van der Waals surface area contributed by atoms with Crippen LogP contribution in [0.15, 0.2) is 48.7 Å². The average Bonchev–Trinajstić information content (AvgIpc) is 3.13. The first-order valence-corrected chi connectivity index (χ1v) is 7.05. The molecular weight excluding hydrogens is 262 g/mol. The topological polar surface area (TPSA) is 56.9 Å². The molecule has 1 aliphatic heterocycles. The van der Waals surface area contributed by atoms with Crippen molar-refractivity contribution >= 4 is 28.2 Å². The fourth-order valence-electron chi connectivity index (χ4n) is 2.84. The summed E-state index contributed by atoms with van der Waals surface area (Å²) in [4.78, 5) is 15.6. The first-order chi connectivity index (χ1) is 10.3. The second-order valence-corrected chi connectivity index (χ2v) is 5.25. The molecule has 4 heteroatoms. The smallest absolute Gasteiger partial charge is 0.257 e. The largest absolute Gasteiger partial charge is 0.384 e. The van der Waals surface area contributed by atoms with Crippen LogP contribution in [0.2, 0.25) is 0 Å². The van der Waals surface area contributed by atoms with Crippen LogP contribution in [0, 0.1) is 0 Å². The minimum absolute atomic E-state index is 0.0849. The summed E-state index contributed by atoms with van der Waals surface area (Å²) in [7, 11) is 0. The number of nitrogens with one attached hydrogen (secondary N) is 3. The zero-order chi connectivity index (χ0) is 14.2. The molecule has 4 nitrogen and oxygen atoms in total. The van der Waals surface area contributed by atoms with Crippen molar-refractivity contribution in [2.75, 3.05) is 17.2 Å². The van der Waals surface area contributed by atoms with Crippen molar-refractivity contribution in [1.82, 2.24) is 4.98 Å². The van der Waals surface area contributed by atoms with Gasteiger partial charge in [-0.2, -0.15) is 0 Å². The molecule has 0 unspecified atom stereocenters. The molecule has 1 amide bonds. The van der Waals surface area contributed by atoms with Gasteiger partial charge in [0.05, 0.1) is 5.56 Å². The van der Waals surface area contributed by atoms with E-state index in [1.165, 1.54) is 11.3 Å². The van der Waals surface area contributed by atoms with E-state index in [0.717, 1.165) is 29.6 Å². The van der Waals surface area contributed by atoms with Crippen LogP contribution in [0.5, 0.6) is 0 Å². The van der Waals surface area contributed by atoms with Gasteiger partial charge >= 0.3 is 0 Å². The maximum Gasteiger partial charge on any atom is 0.257 e. The summed E-state index contributed by atoms with van der Waals surface area (Å²) in [6.07, 6.45) is 2.76. The van der Waals surface area contributed by atoms with Gasteiger partial charge in [-0.25, -0.2) is 0 Å².